The Balaban J connectivity index is 1.46. The van der Waals surface area contributed by atoms with Crippen molar-refractivity contribution in [3.05, 3.63) is 41.4 Å². The van der Waals surface area contributed by atoms with Gasteiger partial charge < -0.3 is 14.3 Å². The van der Waals surface area contributed by atoms with Gasteiger partial charge >= 0.3 is 0 Å². The Bertz CT molecular complexity index is 869. The molecule has 2 aliphatic heterocycles. The molecule has 0 aliphatic carbocycles. The monoisotopic (exact) mass is 400 g/mol. The lowest BCUT2D eigenvalue weighted by atomic mass is 10.0. The van der Waals surface area contributed by atoms with Crippen molar-refractivity contribution in [2.24, 2.45) is 0 Å². The highest BCUT2D eigenvalue weighted by Gasteiger charge is 2.33. The van der Waals surface area contributed by atoms with Crippen molar-refractivity contribution in [1.29, 1.82) is 0 Å². The molecular weight excluding hydrogens is 376 g/mol. The van der Waals surface area contributed by atoms with Crippen molar-refractivity contribution in [3.8, 4) is 0 Å². The van der Waals surface area contributed by atoms with Crippen LogP contribution in [0.15, 0.2) is 33.9 Å². The van der Waals surface area contributed by atoms with E-state index in [-0.39, 0.29) is 17.9 Å². The van der Waals surface area contributed by atoms with Gasteiger partial charge in [-0.2, -0.15) is 0 Å². The summed E-state index contributed by atoms with van der Waals surface area (Å²) < 4.78 is 5.10. The van der Waals surface area contributed by atoms with Crippen LogP contribution in [0.4, 0.5) is 0 Å². The molecule has 0 saturated carbocycles. The van der Waals surface area contributed by atoms with Crippen LogP contribution in [0, 0.1) is 6.92 Å². The third-order valence-electron chi connectivity index (χ3n) is 5.27. The molecule has 28 heavy (non-hydrogen) atoms. The van der Waals surface area contributed by atoms with Gasteiger partial charge in [0, 0.05) is 50.1 Å². The average molecular weight is 401 g/mol. The number of nitrogens with zero attached hydrogens (tertiary/aromatic N) is 4. The number of carbonyl (C=O) groups excluding carboxylic acids is 2. The van der Waals surface area contributed by atoms with Gasteiger partial charge in [0.05, 0.1) is 11.3 Å². The minimum absolute atomic E-state index is 0.0109. The normalized spacial score (nSPS) is 20.0. The van der Waals surface area contributed by atoms with Crippen molar-refractivity contribution in [2.75, 3.05) is 19.6 Å². The Hall–Kier alpha value is -2.35. The van der Waals surface area contributed by atoms with E-state index >= 15 is 0 Å². The number of pyridine rings is 1. The number of likely N-dealkylation sites (tertiary alicyclic amines) is 2. The molecule has 2 aliphatic rings. The van der Waals surface area contributed by atoms with Gasteiger partial charge in [-0.3, -0.25) is 9.59 Å². The molecule has 1 atom stereocenters. The molecule has 0 aromatic carbocycles. The molecule has 2 amide bonds. The van der Waals surface area contributed by atoms with Crippen LogP contribution < -0.4 is 0 Å². The molecular formula is C20H24N4O3S. The van der Waals surface area contributed by atoms with Crippen molar-refractivity contribution in [3.63, 3.8) is 0 Å². The molecule has 2 aromatic rings. The summed E-state index contributed by atoms with van der Waals surface area (Å²) in [5.41, 5.74) is 1.44. The van der Waals surface area contributed by atoms with E-state index in [9.17, 15) is 9.59 Å². The van der Waals surface area contributed by atoms with Gasteiger partial charge in [0.1, 0.15) is 10.8 Å². The van der Waals surface area contributed by atoms with E-state index in [4.69, 9.17) is 4.52 Å². The van der Waals surface area contributed by atoms with Crippen LogP contribution in [0.3, 0.4) is 0 Å². The van der Waals surface area contributed by atoms with Gasteiger partial charge in [-0.25, -0.2) is 4.98 Å². The lowest BCUT2D eigenvalue weighted by molar-refractivity contribution is -0.130. The molecule has 2 saturated heterocycles. The fourth-order valence-electron chi connectivity index (χ4n) is 3.92. The van der Waals surface area contributed by atoms with Gasteiger partial charge in [0.15, 0.2) is 0 Å². The second-order valence-electron chi connectivity index (χ2n) is 7.31. The molecule has 0 bridgehead atoms. The number of carbonyl (C=O) groups is 2. The smallest absolute Gasteiger partial charge is 0.256 e. The first-order chi connectivity index (χ1) is 13.6. The molecule has 1 unspecified atom stereocenters. The SMILES string of the molecule is Cc1cc(CSc2ncccc2C(=O)N2CCCC(N3CCCC3=O)C2)no1. The van der Waals surface area contributed by atoms with Crippen molar-refractivity contribution in [2.45, 2.75) is 49.4 Å². The summed E-state index contributed by atoms with van der Waals surface area (Å²) in [6.45, 7) is 4.00. The minimum atomic E-state index is -0.0109. The summed E-state index contributed by atoms with van der Waals surface area (Å²) in [5.74, 6) is 1.58. The summed E-state index contributed by atoms with van der Waals surface area (Å²) in [6.07, 6.45) is 5.15. The maximum Gasteiger partial charge on any atom is 0.256 e. The van der Waals surface area contributed by atoms with Gasteiger partial charge in [-0.05, 0) is 38.3 Å². The van der Waals surface area contributed by atoms with E-state index in [1.165, 1.54) is 11.8 Å². The quantitative estimate of drug-likeness (QED) is 0.718. The first kappa shape index (κ1) is 19.0. The Kier molecular flexibility index (Phi) is 5.66. The Morgan fingerprint density at radius 2 is 2.25 bits per heavy atom. The molecule has 7 nitrogen and oxygen atoms in total. The predicted octanol–water partition coefficient (Wildman–Crippen LogP) is 2.90. The number of thioether (sulfide) groups is 1. The van der Waals surface area contributed by atoms with E-state index < -0.39 is 0 Å². The number of aromatic nitrogens is 2. The van der Waals surface area contributed by atoms with E-state index in [0.717, 1.165) is 43.8 Å². The molecule has 2 fully saturated rings. The summed E-state index contributed by atoms with van der Waals surface area (Å²) in [6, 6.07) is 5.65. The number of hydrogen-bond acceptors (Lipinski definition) is 6. The van der Waals surface area contributed by atoms with Crippen LogP contribution in [0.5, 0.6) is 0 Å². The third kappa shape index (κ3) is 4.06. The lowest BCUT2D eigenvalue weighted by Crippen LogP contribution is -2.50. The molecule has 0 spiro atoms. The number of aryl methyl sites for hydroxylation is 1. The Morgan fingerprint density at radius 1 is 1.36 bits per heavy atom. The highest BCUT2D eigenvalue weighted by molar-refractivity contribution is 7.98. The van der Waals surface area contributed by atoms with Crippen LogP contribution in [0.2, 0.25) is 0 Å². The first-order valence-corrected chi connectivity index (χ1v) is 10.7. The predicted molar refractivity (Wildman–Crippen MR) is 105 cm³/mol. The Morgan fingerprint density at radius 3 is 3.00 bits per heavy atom. The minimum Gasteiger partial charge on any atom is -0.361 e. The highest BCUT2D eigenvalue weighted by atomic mass is 32.2. The molecule has 4 rings (SSSR count). The molecule has 8 heteroatoms. The van der Waals surface area contributed by atoms with Crippen molar-refractivity contribution < 1.29 is 14.1 Å². The number of amides is 2. The molecule has 148 valence electrons. The zero-order valence-corrected chi connectivity index (χ0v) is 16.8. The molecule has 0 N–H and O–H groups in total. The first-order valence-electron chi connectivity index (χ1n) is 9.70. The number of hydrogen-bond donors (Lipinski definition) is 0. The number of piperidine rings is 1. The molecule has 4 heterocycles. The summed E-state index contributed by atoms with van der Waals surface area (Å²) in [7, 11) is 0. The second-order valence-corrected chi connectivity index (χ2v) is 8.28. The van der Waals surface area contributed by atoms with Crippen LogP contribution >= 0.6 is 11.8 Å². The fourth-order valence-corrected chi connectivity index (χ4v) is 4.78. The average Bonchev–Trinajstić information content (AvgIpc) is 3.34. The van der Waals surface area contributed by atoms with Crippen LogP contribution in [-0.4, -0.2) is 57.4 Å². The van der Waals surface area contributed by atoms with E-state index in [0.29, 0.717) is 29.3 Å². The third-order valence-corrected chi connectivity index (χ3v) is 6.31. The largest absolute Gasteiger partial charge is 0.361 e. The summed E-state index contributed by atoms with van der Waals surface area (Å²) in [4.78, 5) is 33.6. The maximum absolute atomic E-state index is 13.2. The van der Waals surface area contributed by atoms with Crippen LogP contribution in [0.1, 0.15) is 47.5 Å². The van der Waals surface area contributed by atoms with Gasteiger partial charge in [-0.15, -0.1) is 0 Å². The maximum atomic E-state index is 13.2. The zero-order chi connectivity index (χ0) is 19.5. The zero-order valence-electron chi connectivity index (χ0n) is 16.0. The van der Waals surface area contributed by atoms with Gasteiger partial charge in [-0.1, -0.05) is 16.9 Å². The van der Waals surface area contributed by atoms with E-state index in [1.807, 2.05) is 28.9 Å². The van der Waals surface area contributed by atoms with Crippen LogP contribution in [-0.2, 0) is 10.5 Å². The fraction of sp³-hybridized carbons (Fsp3) is 0.500. The standard InChI is InChI=1S/C20H24N4O3S/c1-14-11-15(22-27-14)13-28-19-17(6-2-8-21-19)20(26)23-9-3-5-16(12-23)24-10-4-7-18(24)25/h2,6,8,11,16H,3-5,7,9-10,12-13H2,1H3. The highest BCUT2D eigenvalue weighted by Crippen LogP contribution is 2.27. The molecule has 0 radical (unpaired) electrons. The van der Waals surface area contributed by atoms with Crippen molar-refractivity contribution in [1.82, 2.24) is 19.9 Å². The molecule has 2 aromatic heterocycles. The lowest BCUT2D eigenvalue weighted by Gasteiger charge is -2.37. The topological polar surface area (TPSA) is 79.5 Å². The van der Waals surface area contributed by atoms with Crippen LogP contribution in [0.25, 0.3) is 0 Å². The summed E-state index contributed by atoms with van der Waals surface area (Å²) in [5, 5.41) is 4.70. The van der Waals surface area contributed by atoms with Crippen molar-refractivity contribution >= 4 is 23.6 Å². The number of rotatable bonds is 5. The Labute approximate surface area is 168 Å². The van der Waals surface area contributed by atoms with Gasteiger partial charge in [0.2, 0.25) is 5.91 Å². The van der Waals surface area contributed by atoms with Gasteiger partial charge in [0.25, 0.3) is 5.91 Å². The van der Waals surface area contributed by atoms with E-state index in [2.05, 4.69) is 10.1 Å². The second kappa shape index (κ2) is 8.34. The van der Waals surface area contributed by atoms with E-state index in [1.54, 1.807) is 12.3 Å². The summed E-state index contributed by atoms with van der Waals surface area (Å²) >= 11 is 1.49.